The number of aromatic nitrogens is 1. The van der Waals surface area contributed by atoms with Crippen molar-refractivity contribution in [3.63, 3.8) is 0 Å². The third-order valence-electron chi connectivity index (χ3n) is 4.06. The summed E-state index contributed by atoms with van der Waals surface area (Å²) in [4.78, 5) is 4.22. The van der Waals surface area contributed by atoms with Crippen LogP contribution in [0.2, 0.25) is 0 Å². The molecule has 26 heavy (non-hydrogen) atoms. The van der Waals surface area contributed by atoms with Gasteiger partial charge in [0.25, 0.3) is 0 Å². The summed E-state index contributed by atoms with van der Waals surface area (Å²) >= 11 is 0. The number of sulfonamides is 1. The molecule has 0 aliphatic carbocycles. The predicted molar refractivity (Wildman–Crippen MR) is 98.0 cm³/mol. The third kappa shape index (κ3) is 4.10. The van der Waals surface area contributed by atoms with Gasteiger partial charge in [0.15, 0.2) is 0 Å². The standard InChI is InChI=1S/C18H21N3O4S/c1-21(13-15(22)11-20-12-16-5-3-9-25-16)26(23,24)18-6-2-4-14-10-19-8-7-17(14)18/h2-10,15,20,22H,11-13H2,1H3. The normalized spacial score (nSPS) is 13.3. The summed E-state index contributed by atoms with van der Waals surface area (Å²) in [5.41, 5.74) is 0. The number of fused-ring (bicyclic) bond motifs is 1. The van der Waals surface area contributed by atoms with E-state index in [2.05, 4.69) is 10.3 Å². The number of hydrogen-bond donors (Lipinski definition) is 2. The molecule has 0 bridgehead atoms. The van der Waals surface area contributed by atoms with E-state index in [-0.39, 0.29) is 18.0 Å². The van der Waals surface area contributed by atoms with Crippen molar-refractivity contribution < 1.29 is 17.9 Å². The minimum atomic E-state index is -3.73. The molecule has 0 spiro atoms. The van der Waals surface area contributed by atoms with Crippen LogP contribution in [0.4, 0.5) is 0 Å². The van der Waals surface area contributed by atoms with Crippen molar-refractivity contribution in [2.75, 3.05) is 20.1 Å². The number of furan rings is 1. The van der Waals surface area contributed by atoms with Gasteiger partial charge in [-0.3, -0.25) is 4.98 Å². The molecule has 2 aromatic heterocycles. The molecule has 0 saturated carbocycles. The molecule has 2 N–H and O–H groups in total. The second-order valence-corrected chi connectivity index (χ2v) is 8.02. The van der Waals surface area contributed by atoms with Gasteiger partial charge >= 0.3 is 0 Å². The Morgan fingerprint density at radius 2 is 2.12 bits per heavy atom. The van der Waals surface area contributed by atoms with Crippen molar-refractivity contribution in [3.05, 3.63) is 60.8 Å². The lowest BCUT2D eigenvalue weighted by atomic mass is 10.2. The fourth-order valence-electron chi connectivity index (χ4n) is 2.72. The first-order valence-corrected chi connectivity index (χ1v) is 9.63. The highest BCUT2D eigenvalue weighted by Crippen LogP contribution is 2.24. The lowest BCUT2D eigenvalue weighted by molar-refractivity contribution is 0.149. The van der Waals surface area contributed by atoms with Gasteiger partial charge in [0.1, 0.15) is 5.76 Å². The molecule has 8 heteroatoms. The molecule has 0 radical (unpaired) electrons. The topological polar surface area (TPSA) is 95.7 Å². The van der Waals surface area contributed by atoms with Gasteiger partial charge in [-0.25, -0.2) is 8.42 Å². The van der Waals surface area contributed by atoms with Crippen LogP contribution in [0.5, 0.6) is 0 Å². The van der Waals surface area contributed by atoms with Crippen LogP contribution >= 0.6 is 0 Å². The van der Waals surface area contributed by atoms with Crippen LogP contribution in [0.1, 0.15) is 5.76 Å². The van der Waals surface area contributed by atoms with Gasteiger partial charge in [-0.1, -0.05) is 12.1 Å². The van der Waals surface area contributed by atoms with Crippen molar-refractivity contribution in [1.82, 2.24) is 14.6 Å². The molecular formula is C18H21N3O4S. The first-order valence-electron chi connectivity index (χ1n) is 8.19. The van der Waals surface area contributed by atoms with E-state index in [1.54, 1.807) is 42.9 Å². The molecule has 1 atom stereocenters. The molecule has 7 nitrogen and oxygen atoms in total. The Bertz CT molecular complexity index is 952. The number of aliphatic hydroxyl groups excluding tert-OH is 1. The van der Waals surface area contributed by atoms with Gasteiger partial charge < -0.3 is 14.8 Å². The molecule has 0 fully saturated rings. The van der Waals surface area contributed by atoms with E-state index >= 15 is 0 Å². The van der Waals surface area contributed by atoms with Crippen LogP contribution in [0.25, 0.3) is 10.8 Å². The van der Waals surface area contributed by atoms with E-state index in [0.29, 0.717) is 11.9 Å². The molecule has 3 aromatic rings. The summed E-state index contributed by atoms with van der Waals surface area (Å²) in [6.45, 7) is 0.700. The largest absolute Gasteiger partial charge is 0.468 e. The van der Waals surface area contributed by atoms with Crippen LogP contribution in [0.3, 0.4) is 0 Å². The zero-order valence-corrected chi connectivity index (χ0v) is 15.2. The quantitative estimate of drug-likeness (QED) is 0.621. The highest BCUT2D eigenvalue weighted by molar-refractivity contribution is 7.89. The first kappa shape index (κ1) is 18.5. The maximum atomic E-state index is 12.9. The summed E-state index contributed by atoms with van der Waals surface area (Å²) in [7, 11) is -2.27. The number of aliphatic hydroxyl groups is 1. The molecule has 0 saturated heterocycles. The zero-order chi connectivity index (χ0) is 18.6. The van der Waals surface area contributed by atoms with Gasteiger partial charge in [0.05, 0.1) is 23.8 Å². The molecule has 0 aliphatic rings. The van der Waals surface area contributed by atoms with Crippen molar-refractivity contribution in [2.24, 2.45) is 0 Å². The van der Waals surface area contributed by atoms with Crippen LogP contribution in [0, 0.1) is 0 Å². The van der Waals surface area contributed by atoms with E-state index in [1.807, 2.05) is 12.1 Å². The highest BCUT2D eigenvalue weighted by Gasteiger charge is 2.24. The molecule has 1 aromatic carbocycles. The number of rotatable bonds is 8. The third-order valence-corrected chi connectivity index (χ3v) is 5.94. The Morgan fingerprint density at radius 3 is 2.88 bits per heavy atom. The van der Waals surface area contributed by atoms with Gasteiger partial charge in [-0.05, 0) is 24.3 Å². The Balaban J connectivity index is 1.66. The fraction of sp³-hybridized carbons (Fsp3) is 0.278. The number of nitrogens with zero attached hydrogens (tertiary/aromatic N) is 2. The predicted octanol–water partition coefficient (Wildman–Crippen LogP) is 1.60. The minimum absolute atomic E-state index is 0.0189. The number of hydrogen-bond acceptors (Lipinski definition) is 6. The average Bonchev–Trinajstić information content (AvgIpc) is 3.14. The summed E-state index contributed by atoms with van der Waals surface area (Å²) in [5.74, 6) is 0.752. The second kappa shape index (κ2) is 7.96. The number of benzene rings is 1. The van der Waals surface area contributed by atoms with Crippen LogP contribution < -0.4 is 5.32 Å². The van der Waals surface area contributed by atoms with E-state index in [0.717, 1.165) is 11.1 Å². The van der Waals surface area contributed by atoms with Crippen molar-refractivity contribution in [1.29, 1.82) is 0 Å². The van der Waals surface area contributed by atoms with Crippen molar-refractivity contribution in [3.8, 4) is 0 Å². The fourth-order valence-corrected chi connectivity index (χ4v) is 4.14. The van der Waals surface area contributed by atoms with Crippen LogP contribution in [0.15, 0.2) is 64.4 Å². The van der Waals surface area contributed by atoms with Gasteiger partial charge in [-0.2, -0.15) is 4.31 Å². The molecule has 2 heterocycles. The van der Waals surface area contributed by atoms with E-state index in [4.69, 9.17) is 4.42 Å². The summed E-state index contributed by atoms with van der Waals surface area (Å²) < 4.78 is 32.2. The van der Waals surface area contributed by atoms with Crippen molar-refractivity contribution >= 4 is 20.8 Å². The van der Waals surface area contributed by atoms with Gasteiger partial charge in [0.2, 0.25) is 10.0 Å². The van der Waals surface area contributed by atoms with Gasteiger partial charge in [-0.15, -0.1) is 0 Å². The molecule has 0 amide bonds. The summed E-state index contributed by atoms with van der Waals surface area (Å²) in [5, 5.41) is 14.6. The smallest absolute Gasteiger partial charge is 0.243 e. The Hall–Kier alpha value is -2.26. The Kier molecular flexibility index (Phi) is 5.67. The number of likely N-dealkylation sites (N-methyl/N-ethyl adjacent to an activating group) is 1. The number of pyridine rings is 1. The van der Waals surface area contributed by atoms with Crippen LogP contribution in [-0.2, 0) is 16.6 Å². The molecule has 0 aliphatic heterocycles. The molecule has 138 valence electrons. The highest BCUT2D eigenvalue weighted by atomic mass is 32.2. The Morgan fingerprint density at radius 1 is 1.27 bits per heavy atom. The lowest BCUT2D eigenvalue weighted by Crippen LogP contribution is -2.39. The van der Waals surface area contributed by atoms with Gasteiger partial charge in [0, 0.05) is 43.3 Å². The van der Waals surface area contributed by atoms with Crippen molar-refractivity contribution in [2.45, 2.75) is 17.5 Å². The van der Waals surface area contributed by atoms with E-state index in [1.165, 1.54) is 11.4 Å². The first-order chi connectivity index (χ1) is 12.5. The summed E-state index contributed by atoms with van der Waals surface area (Å²) in [6.07, 6.45) is 3.92. The molecule has 3 rings (SSSR count). The lowest BCUT2D eigenvalue weighted by Gasteiger charge is -2.21. The maximum Gasteiger partial charge on any atom is 0.243 e. The number of nitrogens with one attached hydrogen (secondary N) is 1. The SMILES string of the molecule is CN(CC(O)CNCc1ccco1)S(=O)(=O)c1cccc2cnccc12. The zero-order valence-electron chi connectivity index (χ0n) is 14.4. The monoisotopic (exact) mass is 375 g/mol. The average molecular weight is 375 g/mol. The maximum absolute atomic E-state index is 12.9. The second-order valence-electron chi connectivity index (χ2n) is 6.00. The minimum Gasteiger partial charge on any atom is -0.468 e. The molecular weight excluding hydrogens is 354 g/mol. The Labute approximate surface area is 152 Å². The van der Waals surface area contributed by atoms with E-state index < -0.39 is 16.1 Å². The summed E-state index contributed by atoms with van der Waals surface area (Å²) in [6, 6.07) is 10.4. The van der Waals surface area contributed by atoms with Crippen LogP contribution in [-0.4, -0.2) is 49.1 Å². The molecule has 1 unspecified atom stereocenters. The van der Waals surface area contributed by atoms with E-state index in [9.17, 15) is 13.5 Å².